The van der Waals surface area contributed by atoms with E-state index in [-0.39, 0.29) is 23.8 Å². The Morgan fingerprint density at radius 1 is 1.15 bits per heavy atom. The number of aryl methyl sites for hydroxylation is 1. The Bertz CT molecular complexity index is 1130. The summed E-state index contributed by atoms with van der Waals surface area (Å²) in [6.07, 6.45) is 0.737. The molecular weight excluding hydrogens is 520 g/mol. The highest BCUT2D eigenvalue weighted by Gasteiger charge is 2.52. The summed E-state index contributed by atoms with van der Waals surface area (Å²) in [5.41, 5.74) is 0.183. The Kier molecular flexibility index (Phi) is 9.88. The summed E-state index contributed by atoms with van der Waals surface area (Å²) in [6.45, 7) is 11.7. The van der Waals surface area contributed by atoms with Crippen LogP contribution in [0.2, 0.25) is 0 Å². The second-order valence-electron chi connectivity index (χ2n) is 11.8. The third kappa shape index (κ3) is 7.21. The summed E-state index contributed by atoms with van der Waals surface area (Å²) in [6, 6.07) is -0.465. The number of aromatic nitrogens is 1. The number of hydrogen-bond donors (Lipinski definition) is 2. The van der Waals surface area contributed by atoms with Gasteiger partial charge in [-0.1, -0.05) is 34.1 Å². The Hall–Kier alpha value is -2.43. The third-order valence-electron chi connectivity index (χ3n) is 8.35. The van der Waals surface area contributed by atoms with Gasteiger partial charge in [-0.3, -0.25) is 19.2 Å². The van der Waals surface area contributed by atoms with E-state index < -0.39 is 53.7 Å². The summed E-state index contributed by atoms with van der Waals surface area (Å²) in [5, 5.41) is 24.6. The van der Waals surface area contributed by atoms with Crippen molar-refractivity contribution in [3.63, 3.8) is 0 Å². The first-order valence-corrected chi connectivity index (χ1v) is 14.6. The average Bonchev–Trinajstić information content (AvgIpc) is 3.38. The van der Waals surface area contributed by atoms with Crippen LogP contribution in [-0.2, 0) is 23.9 Å². The van der Waals surface area contributed by atoms with Crippen LogP contribution >= 0.6 is 11.3 Å². The van der Waals surface area contributed by atoms with Crippen LogP contribution in [0.15, 0.2) is 11.0 Å². The molecule has 1 aromatic rings. The first-order valence-electron chi connectivity index (χ1n) is 13.7. The predicted molar refractivity (Wildman–Crippen MR) is 148 cm³/mol. The van der Waals surface area contributed by atoms with Gasteiger partial charge < -0.3 is 19.8 Å². The zero-order chi connectivity index (χ0) is 29.2. The minimum absolute atomic E-state index is 0.183. The van der Waals surface area contributed by atoms with Crippen LogP contribution in [0.1, 0.15) is 84.3 Å². The first-order chi connectivity index (χ1) is 18.1. The molecule has 1 aromatic heterocycles. The predicted octanol–water partition coefficient (Wildman–Crippen LogP) is 3.49. The van der Waals surface area contributed by atoms with Gasteiger partial charge in [0.1, 0.15) is 11.9 Å². The van der Waals surface area contributed by atoms with Gasteiger partial charge in [-0.05, 0) is 44.3 Å². The van der Waals surface area contributed by atoms with Crippen molar-refractivity contribution in [2.45, 2.75) is 111 Å². The molecular formula is C29H42N2O7S. The van der Waals surface area contributed by atoms with Crippen molar-refractivity contribution >= 4 is 40.9 Å². The minimum atomic E-state index is -1.31. The average molecular weight is 563 g/mol. The fraction of sp³-hybridized carbons (Fsp3) is 0.690. The molecule has 0 aliphatic carbocycles. The lowest BCUT2D eigenvalue weighted by Crippen LogP contribution is -2.45. The van der Waals surface area contributed by atoms with E-state index >= 15 is 0 Å². The van der Waals surface area contributed by atoms with Crippen molar-refractivity contribution in [1.29, 1.82) is 0 Å². The Labute approximate surface area is 234 Å². The number of rotatable bonds is 3. The number of aliphatic hydroxyl groups is 2. The van der Waals surface area contributed by atoms with Crippen molar-refractivity contribution in [2.75, 3.05) is 0 Å². The molecule has 2 aliphatic heterocycles. The molecule has 10 heteroatoms. The molecule has 39 heavy (non-hydrogen) atoms. The third-order valence-corrected chi connectivity index (χ3v) is 9.14. The van der Waals surface area contributed by atoms with Gasteiger partial charge in [0.15, 0.2) is 0 Å². The van der Waals surface area contributed by atoms with E-state index in [4.69, 9.17) is 4.74 Å². The first kappa shape index (κ1) is 31.1. The lowest BCUT2D eigenvalue weighted by atomic mass is 9.73. The normalized spacial score (nSPS) is 32.8. The van der Waals surface area contributed by atoms with Crippen molar-refractivity contribution in [1.82, 2.24) is 9.88 Å². The number of carbonyl (C=O) groups is 4. The molecule has 0 bridgehead atoms. The van der Waals surface area contributed by atoms with E-state index in [0.29, 0.717) is 25.7 Å². The summed E-state index contributed by atoms with van der Waals surface area (Å²) in [7, 11) is 0. The van der Waals surface area contributed by atoms with Crippen LogP contribution in [0.25, 0.3) is 6.08 Å². The van der Waals surface area contributed by atoms with Gasteiger partial charge in [-0.2, -0.15) is 0 Å². The Morgan fingerprint density at radius 3 is 2.41 bits per heavy atom. The summed E-state index contributed by atoms with van der Waals surface area (Å²) in [5.74, 6) is -3.03. The van der Waals surface area contributed by atoms with Gasteiger partial charge in [0.25, 0.3) is 5.91 Å². The zero-order valence-electron chi connectivity index (χ0n) is 24.0. The molecule has 2 N–H and O–H groups in total. The quantitative estimate of drug-likeness (QED) is 0.325. The molecule has 216 valence electrons. The van der Waals surface area contributed by atoms with Crippen LogP contribution < -0.4 is 0 Å². The molecule has 2 aliphatic rings. The number of cyclic esters (lactones) is 1. The van der Waals surface area contributed by atoms with E-state index in [1.54, 1.807) is 25.7 Å². The summed E-state index contributed by atoms with van der Waals surface area (Å²) < 4.78 is 5.87. The van der Waals surface area contributed by atoms with E-state index in [9.17, 15) is 29.4 Å². The SMILES string of the molecule is CC(=O)C(=O)N1[C@H]2CCC[C@@H](C)[C@@H](O)[C@H](C)C(=O)C(C)(C)[C@H](O)CC(=O)O[C@@H](C(C)=Cc3csc(C)n3)C[C@@H]21. The van der Waals surface area contributed by atoms with Crippen LogP contribution in [0.3, 0.4) is 0 Å². The lowest BCUT2D eigenvalue weighted by Gasteiger charge is -2.34. The fourth-order valence-electron chi connectivity index (χ4n) is 5.58. The molecule has 0 aromatic carbocycles. The molecule has 2 saturated heterocycles. The summed E-state index contributed by atoms with van der Waals surface area (Å²) >= 11 is 1.50. The van der Waals surface area contributed by atoms with Crippen LogP contribution in [0.4, 0.5) is 0 Å². The molecule has 9 nitrogen and oxygen atoms in total. The highest BCUT2D eigenvalue weighted by molar-refractivity contribution is 7.09. The van der Waals surface area contributed by atoms with E-state index in [0.717, 1.165) is 16.3 Å². The van der Waals surface area contributed by atoms with Crippen LogP contribution in [0, 0.1) is 24.2 Å². The smallest absolute Gasteiger partial charge is 0.309 e. The van der Waals surface area contributed by atoms with Crippen molar-refractivity contribution in [3.8, 4) is 0 Å². The molecule has 7 atom stereocenters. The van der Waals surface area contributed by atoms with E-state index in [1.807, 2.05) is 32.2 Å². The number of amides is 1. The van der Waals surface area contributed by atoms with Crippen LogP contribution in [0.5, 0.6) is 0 Å². The highest BCUT2D eigenvalue weighted by Crippen LogP contribution is 2.39. The van der Waals surface area contributed by atoms with Gasteiger partial charge in [-0.15, -0.1) is 11.3 Å². The number of thiazole rings is 1. The number of nitrogens with zero attached hydrogens (tertiary/aromatic N) is 2. The maximum Gasteiger partial charge on any atom is 0.309 e. The molecule has 0 radical (unpaired) electrons. The summed E-state index contributed by atoms with van der Waals surface area (Å²) in [4.78, 5) is 57.0. The number of fused-ring (bicyclic) bond motifs is 1. The molecule has 3 heterocycles. The van der Waals surface area contributed by atoms with Crippen molar-refractivity contribution in [3.05, 3.63) is 21.7 Å². The number of hydrogen-bond acceptors (Lipinski definition) is 9. The monoisotopic (exact) mass is 562 g/mol. The maximum atomic E-state index is 13.3. The standard InChI is InChI=1S/C29H42N2O7S/c1-15-9-8-10-21-22(31(21)28(37)18(4)32)12-23(16(2)11-20-14-39-19(5)30-20)38-25(34)13-24(33)29(6,7)27(36)17(3)26(15)35/h11,14-15,17,21-24,26,33,35H,8-10,12-13H2,1-7H3/t15-,17+,21+,22+,23-,24-,26-,31?/m1/s1. The van der Waals surface area contributed by atoms with E-state index in [2.05, 4.69) is 4.98 Å². The number of Topliss-reactive ketones (excluding diaryl/α,β-unsaturated/α-hetero) is 2. The number of esters is 1. The molecule has 2 fully saturated rings. The largest absolute Gasteiger partial charge is 0.458 e. The topological polar surface area (TPSA) is 134 Å². The Balaban J connectivity index is 1.94. The maximum absolute atomic E-state index is 13.3. The van der Waals surface area contributed by atoms with Gasteiger partial charge in [0, 0.05) is 24.6 Å². The zero-order valence-corrected chi connectivity index (χ0v) is 24.8. The van der Waals surface area contributed by atoms with Crippen molar-refractivity contribution in [2.24, 2.45) is 17.3 Å². The van der Waals surface area contributed by atoms with E-state index in [1.165, 1.54) is 18.3 Å². The molecule has 0 spiro atoms. The second kappa shape index (κ2) is 12.4. The second-order valence-corrected chi connectivity index (χ2v) is 12.9. The van der Waals surface area contributed by atoms with Gasteiger partial charge in [0.2, 0.25) is 5.78 Å². The van der Waals surface area contributed by atoms with Crippen LogP contribution in [-0.4, -0.2) is 73.9 Å². The number of ether oxygens (including phenoxy) is 1. The molecule has 0 saturated carbocycles. The van der Waals surface area contributed by atoms with Crippen molar-refractivity contribution < 1.29 is 34.1 Å². The molecule has 1 amide bonds. The highest BCUT2D eigenvalue weighted by atomic mass is 32.1. The number of ketones is 2. The van der Waals surface area contributed by atoms with Gasteiger partial charge in [-0.25, -0.2) is 4.98 Å². The Morgan fingerprint density at radius 2 is 1.82 bits per heavy atom. The van der Waals surface area contributed by atoms with Gasteiger partial charge in [0.05, 0.1) is 46.8 Å². The molecule has 0 unspecified atom stereocenters. The van der Waals surface area contributed by atoms with Gasteiger partial charge >= 0.3 is 5.97 Å². The minimum Gasteiger partial charge on any atom is -0.458 e. The number of carbonyl (C=O) groups excluding carboxylic acids is 4. The lowest BCUT2D eigenvalue weighted by molar-refractivity contribution is -0.154. The number of aliphatic hydroxyl groups excluding tert-OH is 2. The fourth-order valence-corrected chi connectivity index (χ4v) is 6.15. The molecule has 3 rings (SSSR count).